The van der Waals surface area contributed by atoms with E-state index in [0.717, 1.165) is 35.5 Å². The minimum absolute atomic E-state index is 0.146. The molecule has 0 aliphatic rings. The number of hydrogen-bond acceptors (Lipinski definition) is 4. The Kier molecular flexibility index (Phi) is 4.55. The fraction of sp³-hybridized carbons (Fsp3) is 0.200. The smallest absolute Gasteiger partial charge is 0.270 e. The topological polar surface area (TPSA) is 87.3 Å². The van der Waals surface area contributed by atoms with E-state index in [1.807, 2.05) is 42.5 Å². The third kappa shape index (κ3) is 3.69. The molecule has 0 unspecified atom stereocenters. The Morgan fingerprint density at radius 2 is 1.62 bits per heavy atom. The highest BCUT2D eigenvalue weighted by Crippen LogP contribution is 2.08. The van der Waals surface area contributed by atoms with Crippen molar-refractivity contribution in [2.75, 3.05) is 0 Å². The number of H-pyrrole nitrogens is 2. The van der Waals surface area contributed by atoms with Crippen LogP contribution in [0.3, 0.4) is 0 Å². The van der Waals surface area contributed by atoms with Crippen molar-refractivity contribution in [2.45, 2.75) is 25.7 Å². The fourth-order valence-corrected chi connectivity index (χ4v) is 2.93. The molecule has 0 saturated carbocycles. The standard InChI is InChI=1S/C20H19N5O/c26-20-17(21-15-8-4-5-9-16(15)22-20)11-13-19-23-18(24-25-19)12-10-14-6-2-1-3-7-14/h1-9H,10-13H2,(H,22,26)(H,23,24,25). The number of nitrogens with zero attached hydrogens (tertiary/aromatic N) is 3. The molecule has 0 amide bonds. The molecule has 26 heavy (non-hydrogen) atoms. The normalized spacial score (nSPS) is 11.1. The number of fused-ring (bicyclic) bond motifs is 1. The molecule has 2 heterocycles. The van der Waals surface area contributed by atoms with E-state index in [-0.39, 0.29) is 5.56 Å². The van der Waals surface area contributed by atoms with Gasteiger partial charge in [0.2, 0.25) is 0 Å². The van der Waals surface area contributed by atoms with Gasteiger partial charge in [0, 0.05) is 19.3 Å². The maximum Gasteiger partial charge on any atom is 0.270 e. The van der Waals surface area contributed by atoms with Gasteiger partial charge in [-0.3, -0.25) is 9.89 Å². The van der Waals surface area contributed by atoms with Crippen molar-refractivity contribution in [3.63, 3.8) is 0 Å². The molecule has 0 bridgehead atoms. The van der Waals surface area contributed by atoms with E-state index in [2.05, 4.69) is 37.3 Å². The molecule has 4 aromatic rings. The van der Waals surface area contributed by atoms with Crippen LogP contribution < -0.4 is 5.56 Å². The minimum atomic E-state index is -0.146. The lowest BCUT2D eigenvalue weighted by Gasteiger charge is -2.01. The Balaban J connectivity index is 1.40. The van der Waals surface area contributed by atoms with Crippen LogP contribution in [0.15, 0.2) is 59.4 Å². The second kappa shape index (κ2) is 7.31. The summed E-state index contributed by atoms with van der Waals surface area (Å²) in [6.45, 7) is 0. The lowest BCUT2D eigenvalue weighted by atomic mass is 10.1. The average Bonchev–Trinajstić information content (AvgIpc) is 3.13. The van der Waals surface area contributed by atoms with E-state index in [1.165, 1.54) is 5.56 Å². The molecule has 0 saturated heterocycles. The van der Waals surface area contributed by atoms with Gasteiger partial charge in [-0.05, 0) is 24.1 Å². The van der Waals surface area contributed by atoms with Gasteiger partial charge in [-0.2, -0.15) is 5.10 Å². The first kappa shape index (κ1) is 16.2. The summed E-state index contributed by atoms with van der Waals surface area (Å²) in [6, 6.07) is 17.8. The number of rotatable bonds is 6. The summed E-state index contributed by atoms with van der Waals surface area (Å²) in [5, 5.41) is 7.24. The maximum atomic E-state index is 12.2. The van der Waals surface area contributed by atoms with E-state index in [4.69, 9.17) is 0 Å². The largest absolute Gasteiger partial charge is 0.319 e. The second-order valence-electron chi connectivity index (χ2n) is 6.21. The Morgan fingerprint density at radius 3 is 2.50 bits per heavy atom. The highest BCUT2D eigenvalue weighted by Gasteiger charge is 2.08. The Morgan fingerprint density at radius 1 is 0.808 bits per heavy atom. The molecule has 2 N–H and O–H groups in total. The van der Waals surface area contributed by atoms with Crippen LogP contribution in [0.1, 0.15) is 22.9 Å². The van der Waals surface area contributed by atoms with Crippen molar-refractivity contribution in [3.8, 4) is 0 Å². The number of nitrogens with one attached hydrogen (secondary N) is 2. The third-order valence-electron chi connectivity index (χ3n) is 4.33. The zero-order chi connectivity index (χ0) is 17.8. The molecule has 0 aliphatic heterocycles. The van der Waals surface area contributed by atoms with Crippen LogP contribution in [0.4, 0.5) is 0 Å². The van der Waals surface area contributed by atoms with E-state index >= 15 is 0 Å². The molecule has 2 aromatic carbocycles. The maximum absolute atomic E-state index is 12.2. The fourth-order valence-electron chi connectivity index (χ4n) is 2.93. The van der Waals surface area contributed by atoms with Crippen molar-refractivity contribution in [1.29, 1.82) is 0 Å². The Hall–Kier alpha value is -3.28. The molecule has 6 nitrogen and oxygen atoms in total. The number of hydrogen-bond donors (Lipinski definition) is 2. The van der Waals surface area contributed by atoms with Crippen molar-refractivity contribution >= 4 is 11.0 Å². The van der Waals surface area contributed by atoms with Crippen LogP contribution in [0.25, 0.3) is 11.0 Å². The molecule has 6 heteroatoms. The second-order valence-corrected chi connectivity index (χ2v) is 6.21. The molecule has 130 valence electrons. The third-order valence-corrected chi connectivity index (χ3v) is 4.33. The first-order chi connectivity index (χ1) is 12.8. The molecule has 0 atom stereocenters. The summed E-state index contributed by atoms with van der Waals surface area (Å²) in [7, 11) is 0. The van der Waals surface area contributed by atoms with Crippen LogP contribution >= 0.6 is 0 Å². The van der Waals surface area contributed by atoms with Gasteiger partial charge >= 0.3 is 0 Å². The zero-order valence-electron chi connectivity index (χ0n) is 14.3. The lowest BCUT2D eigenvalue weighted by Crippen LogP contribution is -2.16. The average molecular weight is 345 g/mol. The highest BCUT2D eigenvalue weighted by molar-refractivity contribution is 5.73. The summed E-state index contributed by atoms with van der Waals surface area (Å²) in [6.07, 6.45) is 2.82. The van der Waals surface area contributed by atoms with Gasteiger partial charge in [0.15, 0.2) is 5.82 Å². The summed E-state index contributed by atoms with van der Waals surface area (Å²) >= 11 is 0. The van der Waals surface area contributed by atoms with Crippen molar-refractivity contribution < 1.29 is 0 Å². The number of aromatic amines is 2. The zero-order valence-corrected chi connectivity index (χ0v) is 14.3. The van der Waals surface area contributed by atoms with Gasteiger partial charge in [0.25, 0.3) is 5.56 Å². The van der Waals surface area contributed by atoms with Gasteiger partial charge in [-0.25, -0.2) is 9.97 Å². The summed E-state index contributed by atoms with van der Waals surface area (Å²) in [5.74, 6) is 1.58. The van der Waals surface area contributed by atoms with Gasteiger partial charge in [-0.1, -0.05) is 42.5 Å². The number of para-hydroxylation sites is 2. The van der Waals surface area contributed by atoms with Crippen LogP contribution in [0, 0.1) is 0 Å². The first-order valence-electron chi connectivity index (χ1n) is 8.70. The lowest BCUT2D eigenvalue weighted by molar-refractivity contribution is 0.831. The van der Waals surface area contributed by atoms with Crippen LogP contribution in [-0.2, 0) is 25.7 Å². The molecule has 0 radical (unpaired) electrons. The SMILES string of the molecule is O=c1[nH]c2ccccc2nc1CCc1nc(CCc2ccccc2)n[nH]1. The van der Waals surface area contributed by atoms with Crippen molar-refractivity contribution in [2.24, 2.45) is 0 Å². The van der Waals surface area contributed by atoms with Crippen molar-refractivity contribution in [3.05, 3.63) is 87.9 Å². The summed E-state index contributed by atoms with van der Waals surface area (Å²) in [5.41, 5.74) is 3.19. The van der Waals surface area contributed by atoms with Gasteiger partial charge < -0.3 is 4.98 Å². The Labute approximate surface area is 150 Å². The Bertz CT molecular complexity index is 1070. The molecule has 2 aromatic heterocycles. The van der Waals surface area contributed by atoms with E-state index < -0.39 is 0 Å². The van der Waals surface area contributed by atoms with Gasteiger partial charge in [-0.15, -0.1) is 0 Å². The minimum Gasteiger partial charge on any atom is -0.319 e. The molecule has 0 aliphatic carbocycles. The van der Waals surface area contributed by atoms with Crippen LogP contribution in [-0.4, -0.2) is 25.1 Å². The molecular formula is C20H19N5O. The van der Waals surface area contributed by atoms with Gasteiger partial charge in [0.1, 0.15) is 11.5 Å². The van der Waals surface area contributed by atoms with E-state index in [1.54, 1.807) is 0 Å². The predicted octanol–water partition coefficient (Wildman–Crippen LogP) is 2.61. The number of aromatic nitrogens is 5. The van der Waals surface area contributed by atoms with Crippen LogP contribution in [0.2, 0.25) is 0 Å². The molecule has 4 rings (SSSR count). The number of aryl methyl sites for hydroxylation is 4. The molecule has 0 spiro atoms. The molecular weight excluding hydrogens is 326 g/mol. The quantitative estimate of drug-likeness (QED) is 0.562. The molecule has 0 fully saturated rings. The monoisotopic (exact) mass is 345 g/mol. The highest BCUT2D eigenvalue weighted by atomic mass is 16.1. The number of benzene rings is 2. The van der Waals surface area contributed by atoms with Crippen LogP contribution in [0.5, 0.6) is 0 Å². The summed E-state index contributed by atoms with van der Waals surface area (Å²) in [4.78, 5) is 24.0. The first-order valence-corrected chi connectivity index (χ1v) is 8.70. The van der Waals surface area contributed by atoms with E-state index in [9.17, 15) is 4.79 Å². The van der Waals surface area contributed by atoms with Gasteiger partial charge in [0.05, 0.1) is 11.0 Å². The predicted molar refractivity (Wildman–Crippen MR) is 100 cm³/mol. The van der Waals surface area contributed by atoms with Crippen molar-refractivity contribution in [1.82, 2.24) is 25.1 Å². The summed E-state index contributed by atoms with van der Waals surface area (Å²) < 4.78 is 0. The van der Waals surface area contributed by atoms with E-state index in [0.29, 0.717) is 18.5 Å².